The predicted octanol–water partition coefficient (Wildman–Crippen LogP) is 5.56. The molecule has 0 bridgehead atoms. The number of carbonyl (C=O) groups excluding carboxylic acids is 1. The minimum atomic E-state index is -4.51. The monoisotopic (exact) mass is 912 g/mol. The van der Waals surface area contributed by atoms with Crippen LogP contribution in [0.15, 0.2) is 103 Å². The number of ether oxygens (including phenoxy) is 2. The Morgan fingerprint density at radius 1 is 0.723 bits per heavy atom. The summed E-state index contributed by atoms with van der Waals surface area (Å²) in [5.74, 6) is 0.826. The van der Waals surface area contributed by atoms with Gasteiger partial charge in [0.15, 0.2) is 0 Å². The summed E-state index contributed by atoms with van der Waals surface area (Å²) in [5, 5.41) is 18.4. The average molecular weight is 913 g/mol. The Morgan fingerprint density at radius 3 is 1.55 bits per heavy atom. The first kappa shape index (κ1) is 48.1. The number of fused-ring (bicyclic) bond motifs is 2. The van der Waals surface area contributed by atoms with Crippen molar-refractivity contribution in [3.05, 3.63) is 105 Å². The first-order valence-electron chi connectivity index (χ1n) is 20.7. The number of hydrogen-bond donors (Lipinski definition) is 6. The van der Waals surface area contributed by atoms with E-state index >= 15 is 0 Å². The van der Waals surface area contributed by atoms with Gasteiger partial charge in [-0.15, -0.1) is 0 Å². The Balaban J connectivity index is 0.000000193. The molecule has 6 aliphatic rings. The van der Waals surface area contributed by atoms with E-state index < -0.39 is 47.6 Å². The fraction of sp³-hybridized carbons (Fsp3) is 0.409. The van der Waals surface area contributed by atoms with E-state index in [1.165, 1.54) is 24.3 Å². The molecule has 0 spiro atoms. The molecule has 2 fully saturated rings. The second-order valence-electron chi connectivity index (χ2n) is 15.7. The van der Waals surface area contributed by atoms with Gasteiger partial charge in [0.1, 0.15) is 11.7 Å². The number of hydrogen-bond acceptors (Lipinski definition) is 11. The number of morpholine rings is 2. The van der Waals surface area contributed by atoms with Crippen molar-refractivity contribution >= 4 is 46.6 Å². The Kier molecular flexibility index (Phi) is 15.0. The van der Waals surface area contributed by atoms with Crippen LogP contribution in [0.4, 0.5) is 37.7 Å². The van der Waals surface area contributed by atoms with Gasteiger partial charge in [0.2, 0.25) is 0 Å². The number of nitrogens with zero attached hydrogens (tertiary/aromatic N) is 5. The number of carboxylic acid groups (broad SMARTS) is 1. The van der Waals surface area contributed by atoms with Crippen molar-refractivity contribution in [3.63, 3.8) is 0 Å². The van der Waals surface area contributed by atoms with Gasteiger partial charge in [0, 0.05) is 54.3 Å². The largest absolute Gasteiger partial charge is 0.478 e. The van der Waals surface area contributed by atoms with E-state index in [1.54, 1.807) is 44.7 Å². The lowest BCUT2D eigenvalue weighted by Crippen LogP contribution is -2.41. The predicted molar refractivity (Wildman–Crippen MR) is 235 cm³/mol. The van der Waals surface area contributed by atoms with Gasteiger partial charge < -0.3 is 46.9 Å². The highest BCUT2D eigenvalue weighted by atomic mass is 19.4. The molecule has 2 aromatic carbocycles. The number of aliphatic carboxylic acids is 1. The van der Waals surface area contributed by atoms with Crippen LogP contribution >= 0.6 is 0 Å². The Morgan fingerprint density at radius 2 is 1.15 bits per heavy atom. The lowest BCUT2D eigenvalue weighted by Gasteiger charge is -2.26. The van der Waals surface area contributed by atoms with E-state index in [2.05, 4.69) is 35.9 Å². The number of nitrogens with one attached hydrogen (secondary N) is 3. The third-order valence-corrected chi connectivity index (χ3v) is 10.6. The molecule has 4 atom stereocenters. The molecular weight excluding hydrogens is 863 g/mol. The van der Waals surface area contributed by atoms with Gasteiger partial charge in [0.25, 0.3) is 5.91 Å². The van der Waals surface area contributed by atoms with E-state index in [1.807, 2.05) is 0 Å². The van der Waals surface area contributed by atoms with Crippen molar-refractivity contribution in [2.45, 2.75) is 64.2 Å². The molecule has 0 radical (unpaired) electrons. The van der Waals surface area contributed by atoms with Crippen LogP contribution in [-0.4, -0.2) is 110 Å². The molecule has 4 heterocycles. The number of alkyl halides is 6. The summed E-state index contributed by atoms with van der Waals surface area (Å²) < 4.78 is 89.0. The van der Waals surface area contributed by atoms with E-state index in [0.29, 0.717) is 77.5 Å². The van der Waals surface area contributed by atoms with E-state index in [4.69, 9.17) is 26.0 Å². The minimum absolute atomic E-state index is 0.00555. The molecule has 8 rings (SSSR count). The van der Waals surface area contributed by atoms with Crippen LogP contribution in [0.1, 0.15) is 62.0 Å². The van der Waals surface area contributed by atoms with Crippen molar-refractivity contribution in [1.82, 2.24) is 20.9 Å². The SMILES string of the molecule is C1COCCN1.CC1=NC2C=C(C(=O)N3CCOCC3)C=C2C(=N[C@H](C)c2cc(N)cc(C(F)(F)F)c2)N1.CC1=NC2C=C(C(=O)O)C=C2C(=N[C@H](C)c2cc(N)cc(C(F)(F)F)c2)N1. The van der Waals surface area contributed by atoms with Crippen molar-refractivity contribution in [3.8, 4) is 0 Å². The van der Waals surface area contributed by atoms with E-state index in [9.17, 15) is 35.9 Å². The minimum Gasteiger partial charge on any atom is -0.478 e. The second kappa shape index (κ2) is 20.2. The number of nitrogen functional groups attached to an aromatic ring is 2. The fourth-order valence-electron chi connectivity index (χ4n) is 7.36. The van der Waals surface area contributed by atoms with Crippen molar-refractivity contribution in [2.75, 3.05) is 64.1 Å². The van der Waals surface area contributed by atoms with Gasteiger partial charge in [0.05, 0.1) is 79.0 Å². The van der Waals surface area contributed by atoms with Crippen LogP contribution in [0.5, 0.6) is 0 Å². The maximum atomic E-state index is 13.2. The molecular formula is C44H50F6N10O5. The van der Waals surface area contributed by atoms with Crippen LogP contribution in [0.2, 0.25) is 0 Å². The number of carbonyl (C=O) groups is 2. The van der Waals surface area contributed by atoms with Gasteiger partial charge in [-0.1, -0.05) is 0 Å². The summed E-state index contributed by atoms with van der Waals surface area (Å²) in [7, 11) is 0. The van der Waals surface area contributed by atoms with Gasteiger partial charge >= 0.3 is 18.3 Å². The number of rotatable bonds is 6. The molecule has 0 aromatic heterocycles. The summed E-state index contributed by atoms with van der Waals surface area (Å²) in [6.07, 6.45) is -2.51. The van der Waals surface area contributed by atoms with Crippen molar-refractivity contribution < 1.29 is 50.5 Å². The van der Waals surface area contributed by atoms with E-state index in [-0.39, 0.29) is 28.9 Å². The van der Waals surface area contributed by atoms with Gasteiger partial charge in [-0.05, 0) is 99.5 Å². The summed E-state index contributed by atoms with van der Waals surface area (Å²) in [4.78, 5) is 43.7. The molecule has 4 aliphatic heterocycles. The Hall–Kier alpha value is -6.32. The van der Waals surface area contributed by atoms with E-state index in [0.717, 1.165) is 50.6 Å². The number of amidine groups is 4. The molecule has 15 nitrogen and oxygen atoms in total. The summed E-state index contributed by atoms with van der Waals surface area (Å²) in [5.41, 5.74) is 12.2. The maximum Gasteiger partial charge on any atom is 0.416 e. The molecule has 8 N–H and O–H groups in total. The summed E-state index contributed by atoms with van der Waals surface area (Å²) in [6, 6.07) is 4.68. The summed E-state index contributed by atoms with van der Waals surface area (Å²) in [6.45, 7) is 12.7. The lowest BCUT2D eigenvalue weighted by atomic mass is 10.0. The average Bonchev–Trinajstić information content (AvgIpc) is 3.89. The highest BCUT2D eigenvalue weighted by molar-refractivity contribution is 6.15. The third kappa shape index (κ3) is 12.5. The van der Waals surface area contributed by atoms with Gasteiger partial charge in [-0.3, -0.25) is 24.8 Å². The standard InChI is InChI=1S/C22H24F3N5O2.C18H17F3N4O2.C4H9NO/c1-12(14-7-16(22(23,24)25)11-17(26)8-14)27-20-18-9-15(10-19(18)28-13(2)29-20)21(31)30-3-5-32-6-4-30;1-8(10-3-12(18(19,20)21)7-13(22)4-10)23-16-14-5-11(17(26)27)6-15(14)24-9(2)25-16;1-3-6-4-2-5-1/h7-12,19H,3-6,26H2,1-2H3,(H,27,28,29);3-8,15H,22H2,1-2H3,(H,26,27)(H,23,24,25);5H,1-4H2/t12-,19?;8-,15?;/m11./s1. The lowest BCUT2D eigenvalue weighted by molar-refractivity contribution is -0.138. The fourth-order valence-corrected chi connectivity index (χ4v) is 7.36. The number of benzene rings is 2. The van der Waals surface area contributed by atoms with Crippen molar-refractivity contribution in [2.24, 2.45) is 20.0 Å². The van der Waals surface area contributed by atoms with Gasteiger partial charge in [-0.25, -0.2) is 4.79 Å². The zero-order valence-electron chi connectivity index (χ0n) is 36.0. The third-order valence-electron chi connectivity index (χ3n) is 10.6. The van der Waals surface area contributed by atoms with Gasteiger partial charge in [-0.2, -0.15) is 26.3 Å². The molecule has 0 saturated carbocycles. The first-order valence-corrected chi connectivity index (χ1v) is 20.7. The highest BCUT2D eigenvalue weighted by Crippen LogP contribution is 2.36. The molecule has 1 amide bonds. The highest BCUT2D eigenvalue weighted by Gasteiger charge is 2.35. The molecule has 2 saturated heterocycles. The number of halogens is 6. The molecule has 21 heteroatoms. The van der Waals surface area contributed by atoms with Crippen LogP contribution in [0.25, 0.3) is 0 Å². The smallest absolute Gasteiger partial charge is 0.416 e. The first-order chi connectivity index (χ1) is 30.7. The number of aliphatic imine (C=N–C) groups is 4. The van der Waals surface area contributed by atoms with Crippen LogP contribution < -0.4 is 27.4 Å². The quantitative estimate of drug-likeness (QED) is 0.157. The number of carboxylic acids is 1. The van der Waals surface area contributed by atoms with Crippen LogP contribution in [0, 0.1) is 0 Å². The van der Waals surface area contributed by atoms with Crippen LogP contribution in [0.3, 0.4) is 0 Å². The topological polar surface area (TPSA) is 214 Å². The van der Waals surface area contributed by atoms with Crippen molar-refractivity contribution in [1.29, 1.82) is 0 Å². The second-order valence-corrected chi connectivity index (χ2v) is 15.7. The van der Waals surface area contributed by atoms with Crippen LogP contribution in [-0.2, 0) is 31.4 Å². The molecule has 2 aromatic rings. The summed E-state index contributed by atoms with van der Waals surface area (Å²) >= 11 is 0. The molecule has 2 aliphatic carbocycles. The normalized spacial score (nSPS) is 22.6. The number of amides is 1. The Bertz CT molecular complexity index is 2400. The maximum absolute atomic E-state index is 13.2. The Labute approximate surface area is 370 Å². The molecule has 65 heavy (non-hydrogen) atoms. The number of anilines is 2. The molecule has 348 valence electrons. The number of nitrogens with two attached hydrogens (primary N) is 2. The zero-order valence-corrected chi connectivity index (χ0v) is 36.0. The molecule has 2 unspecified atom stereocenters. The zero-order chi connectivity index (χ0) is 47.2.